The van der Waals surface area contributed by atoms with Crippen LogP contribution in [0, 0.1) is 0 Å². The molecular formula is C108H72N2O2. The fourth-order valence-electron chi connectivity index (χ4n) is 19.0. The van der Waals surface area contributed by atoms with E-state index in [1.807, 2.05) is 6.07 Å². The Morgan fingerprint density at radius 1 is 0.179 bits per heavy atom. The summed E-state index contributed by atoms with van der Waals surface area (Å²) in [5.41, 5.74) is 30.3. The van der Waals surface area contributed by atoms with Gasteiger partial charge in [-0.3, -0.25) is 0 Å². The summed E-state index contributed by atoms with van der Waals surface area (Å²) in [6.45, 7) is 13.7. The average molecular weight is 1430 g/mol. The van der Waals surface area contributed by atoms with Crippen LogP contribution >= 0.6 is 0 Å². The zero-order chi connectivity index (χ0) is 74.3. The number of aromatic nitrogens is 2. The molecule has 0 saturated carbocycles. The first kappa shape index (κ1) is 63.2. The van der Waals surface area contributed by atoms with Gasteiger partial charge < -0.3 is 17.6 Å². The minimum absolute atomic E-state index is 0.0853. The van der Waals surface area contributed by atoms with Crippen LogP contribution in [-0.2, 0) is 10.8 Å². The topological polar surface area (TPSA) is 35.1 Å². The van der Waals surface area contributed by atoms with Crippen LogP contribution in [0.3, 0.4) is 0 Å². The summed E-state index contributed by atoms with van der Waals surface area (Å²) in [7, 11) is 0. The fourth-order valence-corrected chi connectivity index (χ4v) is 19.0. The first-order valence-corrected chi connectivity index (χ1v) is 39.2. The van der Waals surface area contributed by atoms with Crippen LogP contribution in [0.5, 0.6) is 0 Å². The lowest BCUT2D eigenvalue weighted by Crippen LogP contribution is -2.10. The van der Waals surface area contributed by atoms with Crippen LogP contribution in [0.25, 0.3) is 241 Å². The molecule has 6 aromatic heterocycles. The maximum absolute atomic E-state index is 6.87. The molecule has 0 atom stereocenters. The van der Waals surface area contributed by atoms with Crippen LogP contribution in [0.4, 0.5) is 0 Å². The lowest BCUT2D eigenvalue weighted by Gasteiger charge is -2.19. The number of para-hydroxylation sites is 1. The molecule has 112 heavy (non-hydrogen) atoms. The first-order chi connectivity index (χ1) is 54.6. The molecule has 24 aromatic rings. The minimum Gasteiger partial charge on any atom is -0.456 e. The third-order valence-corrected chi connectivity index (χ3v) is 24.9. The molecule has 24 rings (SSSR count). The predicted molar refractivity (Wildman–Crippen MR) is 476 cm³/mol. The van der Waals surface area contributed by atoms with Gasteiger partial charge in [0.05, 0.1) is 33.1 Å². The summed E-state index contributed by atoms with van der Waals surface area (Å²) in [6, 6.07) is 124. The second-order valence-corrected chi connectivity index (χ2v) is 33.7. The predicted octanol–water partition coefficient (Wildman–Crippen LogP) is 30.7. The Bertz CT molecular complexity index is 7980. The van der Waals surface area contributed by atoms with Gasteiger partial charge >= 0.3 is 0 Å². The van der Waals surface area contributed by atoms with Crippen molar-refractivity contribution in [2.24, 2.45) is 0 Å². The van der Waals surface area contributed by atoms with Gasteiger partial charge in [0, 0.05) is 64.6 Å². The van der Waals surface area contributed by atoms with Gasteiger partial charge in [0.1, 0.15) is 22.3 Å². The highest BCUT2D eigenvalue weighted by molar-refractivity contribution is 6.29. The molecule has 0 aliphatic rings. The van der Waals surface area contributed by atoms with Crippen molar-refractivity contribution in [1.82, 2.24) is 8.80 Å². The van der Waals surface area contributed by atoms with E-state index in [4.69, 9.17) is 8.83 Å². The fraction of sp³-hybridized carbons (Fsp3) is 0.0741. The second-order valence-electron chi connectivity index (χ2n) is 33.7. The van der Waals surface area contributed by atoms with Crippen molar-refractivity contribution < 1.29 is 8.83 Å². The second kappa shape index (κ2) is 22.9. The van der Waals surface area contributed by atoms with Crippen molar-refractivity contribution in [2.75, 3.05) is 0 Å². The molecule has 0 unspecified atom stereocenters. The van der Waals surface area contributed by atoms with Gasteiger partial charge in [-0.2, -0.15) is 0 Å². The van der Waals surface area contributed by atoms with Crippen LogP contribution in [0.1, 0.15) is 52.7 Å². The summed E-state index contributed by atoms with van der Waals surface area (Å²) < 4.78 is 18.3. The number of hydrogen-bond donors (Lipinski definition) is 0. The van der Waals surface area contributed by atoms with Crippen molar-refractivity contribution in [3.8, 4) is 77.9 Å². The van der Waals surface area contributed by atoms with Gasteiger partial charge in [-0.15, -0.1) is 0 Å². The van der Waals surface area contributed by atoms with E-state index in [1.54, 1.807) is 0 Å². The largest absolute Gasteiger partial charge is 0.456 e. The number of fused-ring (bicyclic) bond motifs is 22. The Morgan fingerprint density at radius 3 is 0.911 bits per heavy atom. The van der Waals surface area contributed by atoms with E-state index in [0.29, 0.717) is 0 Å². The Balaban J connectivity index is 0.603. The highest BCUT2D eigenvalue weighted by Gasteiger charge is 2.26. The van der Waals surface area contributed by atoms with Gasteiger partial charge in [0.25, 0.3) is 0 Å². The summed E-state index contributed by atoms with van der Waals surface area (Å²) in [6.07, 6.45) is 0. The number of rotatable bonds is 7. The van der Waals surface area contributed by atoms with Crippen molar-refractivity contribution in [1.29, 1.82) is 0 Å². The minimum atomic E-state index is 0.0853. The summed E-state index contributed by atoms with van der Waals surface area (Å²) in [5.74, 6) is 0. The number of hydrogen-bond acceptors (Lipinski definition) is 2. The zero-order valence-electron chi connectivity index (χ0n) is 62.9. The van der Waals surface area contributed by atoms with Gasteiger partial charge in [-0.05, 0) is 289 Å². The van der Waals surface area contributed by atoms with E-state index in [2.05, 4.69) is 372 Å². The molecule has 526 valence electrons. The molecule has 0 radical (unpaired) electrons. The Kier molecular flexibility index (Phi) is 12.9. The molecule has 0 N–H and O–H groups in total. The molecule has 0 amide bonds. The molecule has 6 heterocycles. The molecule has 4 nitrogen and oxygen atoms in total. The van der Waals surface area contributed by atoms with Crippen LogP contribution in [0.2, 0.25) is 0 Å². The highest BCUT2D eigenvalue weighted by atomic mass is 16.3. The molecule has 0 aliphatic heterocycles. The average Bonchev–Trinajstić information content (AvgIpc) is 1.54. The summed E-state index contributed by atoms with van der Waals surface area (Å²) in [4.78, 5) is 0. The SMILES string of the molecule is CC(C)(C)c1ccc(-c2ccc3cc4c5cc(-c6ccc7oc8cc(-c9cccc(-c%10ccc%11cc%12c%13cc(-c%14ccc%15oc%16ccccc%16c%15c%14)cc%14c%15cc%16ccc(-c%17ccccc%17)cc%16cc%15n(c%12cc%11c%10)c%14%13)c9)ccc8c7c6)cc6c7cc8ccc(-c9ccc(C(C)(C)C)cc9)cc8cc7n(c4cc3c2)c56)cc1. The van der Waals surface area contributed by atoms with Crippen molar-refractivity contribution in [3.63, 3.8) is 0 Å². The number of benzene rings is 18. The standard InChI is InChI=1S/C108H72N2O2/c1-107(2,3)83-34-27-62(28-35-83)67-20-24-71-47-88-95-54-82(55-96-89-48-72-25-21-68(63-29-36-84(37-30-63)108(4,5)6)44-79(72)58-99(89)109(105(95)96)98(88)57-78(71)43-67)75-33-40-103-92(51-75)86-38-31-76(60-104(86)112-103)65-16-12-15-64(41-65)69-22-26-73-49-90-94-53-81(74-32-39-102-91(50-74)85-17-10-11-18-101(85)111-102)52-93-87-46-70-23-19-66(61-13-8-7-9-14-61)42-77(70)56-97(87)110(106(93)94)100(90)59-80(73)45-69/h7-60H,1-6H3. The van der Waals surface area contributed by atoms with E-state index >= 15 is 0 Å². The Hall–Kier alpha value is -13.8. The monoisotopic (exact) mass is 1430 g/mol. The molecule has 0 fully saturated rings. The Morgan fingerprint density at radius 2 is 0.482 bits per heavy atom. The normalized spacial score (nSPS) is 12.7. The summed E-state index contributed by atoms with van der Waals surface area (Å²) >= 11 is 0. The molecule has 0 aliphatic carbocycles. The molecule has 4 heteroatoms. The van der Waals surface area contributed by atoms with Gasteiger partial charge in [0.2, 0.25) is 0 Å². The number of nitrogens with zero attached hydrogens (tertiary/aromatic N) is 2. The smallest absolute Gasteiger partial charge is 0.136 e. The maximum atomic E-state index is 6.87. The van der Waals surface area contributed by atoms with E-state index in [-0.39, 0.29) is 10.8 Å². The highest BCUT2D eigenvalue weighted by Crippen LogP contribution is 2.49. The van der Waals surface area contributed by atoms with Gasteiger partial charge in [-0.25, -0.2) is 0 Å². The lowest BCUT2D eigenvalue weighted by molar-refractivity contribution is 0.590. The van der Waals surface area contributed by atoms with E-state index in [1.165, 1.54) is 186 Å². The van der Waals surface area contributed by atoms with Gasteiger partial charge in [-0.1, -0.05) is 224 Å². The lowest BCUT2D eigenvalue weighted by atomic mass is 9.86. The van der Waals surface area contributed by atoms with Crippen molar-refractivity contribution >= 4 is 163 Å². The zero-order valence-corrected chi connectivity index (χ0v) is 62.9. The third kappa shape index (κ3) is 9.55. The van der Waals surface area contributed by atoms with E-state index in [0.717, 1.165) is 66.1 Å². The maximum Gasteiger partial charge on any atom is 0.136 e. The van der Waals surface area contributed by atoms with Crippen LogP contribution < -0.4 is 0 Å². The molecular weight excluding hydrogens is 1360 g/mol. The van der Waals surface area contributed by atoms with Crippen LogP contribution in [0.15, 0.2) is 336 Å². The molecule has 0 bridgehead atoms. The van der Waals surface area contributed by atoms with E-state index < -0.39 is 0 Å². The van der Waals surface area contributed by atoms with E-state index in [9.17, 15) is 0 Å². The third-order valence-electron chi connectivity index (χ3n) is 24.9. The quantitative estimate of drug-likeness (QED) is 0.159. The van der Waals surface area contributed by atoms with Gasteiger partial charge in [0.15, 0.2) is 0 Å². The first-order valence-electron chi connectivity index (χ1n) is 39.2. The molecule has 0 spiro atoms. The van der Waals surface area contributed by atoms with Crippen molar-refractivity contribution in [2.45, 2.75) is 52.4 Å². The summed E-state index contributed by atoms with van der Waals surface area (Å²) in [5, 5.41) is 24.2. The number of furan rings is 2. The Labute approximate surface area is 645 Å². The van der Waals surface area contributed by atoms with Crippen molar-refractivity contribution in [3.05, 3.63) is 339 Å². The molecule has 0 saturated heterocycles. The molecule has 18 aromatic carbocycles. The van der Waals surface area contributed by atoms with Crippen LogP contribution in [-0.4, -0.2) is 8.80 Å².